The van der Waals surface area contributed by atoms with Crippen molar-refractivity contribution in [1.29, 1.82) is 5.26 Å². The van der Waals surface area contributed by atoms with E-state index in [1.165, 1.54) is 0 Å². The van der Waals surface area contributed by atoms with Crippen LogP contribution in [0.4, 0.5) is 11.5 Å². The molecule has 6 rings (SSSR count). The molecule has 37 heavy (non-hydrogen) atoms. The largest absolute Gasteiger partial charge is 0.489 e. The minimum Gasteiger partial charge on any atom is -0.489 e. The number of hydrogen-bond acceptors (Lipinski definition) is 6. The van der Waals surface area contributed by atoms with Crippen LogP contribution >= 0.6 is 0 Å². The topological polar surface area (TPSA) is 79.0 Å². The van der Waals surface area contributed by atoms with Gasteiger partial charge in [0.1, 0.15) is 24.0 Å². The van der Waals surface area contributed by atoms with E-state index in [9.17, 15) is 5.26 Å². The number of likely N-dealkylation sites (tertiary alicyclic amines) is 1. The van der Waals surface area contributed by atoms with Crippen LogP contribution in [0.15, 0.2) is 79.3 Å². The molecule has 2 aromatic heterocycles. The molecule has 0 amide bonds. The summed E-state index contributed by atoms with van der Waals surface area (Å²) < 4.78 is 8.64. The van der Waals surface area contributed by atoms with Crippen LogP contribution in [0.25, 0.3) is 21.8 Å². The van der Waals surface area contributed by atoms with Gasteiger partial charge in [0, 0.05) is 42.4 Å². The second kappa shape index (κ2) is 9.92. The molecule has 184 valence electrons. The quantitative estimate of drug-likeness (QED) is 0.329. The smallest absolute Gasteiger partial charge is 0.145 e. The number of rotatable bonds is 6. The van der Waals surface area contributed by atoms with Gasteiger partial charge >= 0.3 is 0 Å². The Morgan fingerprint density at radius 2 is 1.89 bits per heavy atom. The summed E-state index contributed by atoms with van der Waals surface area (Å²) in [4.78, 5) is 11.4. The fraction of sp³-hybridized carbons (Fsp3) is 0.233. The van der Waals surface area contributed by atoms with E-state index in [0.717, 1.165) is 70.6 Å². The Labute approximate surface area is 215 Å². The first-order valence-corrected chi connectivity index (χ1v) is 12.6. The van der Waals surface area contributed by atoms with E-state index in [1.54, 1.807) is 6.33 Å². The molecule has 0 bridgehead atoms. The molecule has 0 spiro atoms. The zero-order chi connectivity index (χ0) is 25.2. The van der Waals surface area contributed by atoms with Gasteiger partial charge in [-0.3, -0.25) is 0 Å². The maximum absolute atomic E-state index is 9.45. The zero-order valence-electron chi connectivity index (χ0n) is 20.8. The van der Waals surface area contributed by atoms with Gasteiger partial charge in [-0.15, -0.1) is 0 Å². The van der Waals surface area contributed by atoms with E-state index in [-0.39, 0.29) is 6.10 Å². The van der Waals surface area contributed by atoms with Gasteiger partial charge in [-0.05, 0) is 67.9 Å². The third kappa shape index (κ3) is 4.72. The van der Waals surface area contributed by atoms with E-state index < -0.39 is 0 Å². The van der Waals surface area contributed by atoms with Crippen molar-refractivity contribution in [3.8, 4) is 11.8 Å². The Balaban J connectivity index is 1.28. The molecule has 1 fully saturated rings. The standard InChI is InChI=1S/C30H28N6O/c1-35-14-12-25(13-15-35)37-28-8-4-7-26-29(28)30(33-20-32-26)34-24-9-10-27-21(17-24)11-16-36(27)19-23-6-3-2-5-22(23)18-31/h2-11,16-17,20,25H,12-15,19H2,1H3,(H,32,33,34). The van der Waals surface area contributed by atoms with Gasteiger partial charge in [-0.2, -0.15) is 5.26 Å². The summed E-state index contributed by atoms with van der Waals surface area (Å²) >= 11 is 0. The summed E-state index contributed by atoms with van der Waals surface area (Å²) in [6.45, 7) is 2.73. The Hall–Kier alpha value is -4.41. The average Bonchev–Trinajstić information content (AvgIpc) is 3.32. The van der Waals surface area contributed by atoms with Crippen molar-refractivity contribution >= 4 is 33.3 Å². The number of anilines is 2. The first-order chi connectivity index (χ1) is 18.2. The number of fused-ring (bicyclic) bond motifs is 2. The first kappa shape index (κ1) is 23.0. The van der Waals surface area contributed by atoms with Gasteiger partial charge in [-0.1, -0.05) is 24.3 Å². The lowest BCUT2D eigenvalue weighted by atomic mass is 10.1. The van der Waals surface area contributed by atoms with E-state index in [2.05, 4.69) is 68.3 Å². The van der Waals surface area contributed by atoms with Gasteiger partial charge in [0.05, 0.1) is 22.5 Å². The van der Waals surface area contributed by atoms with Crippen LogP contribution in [0.3, 0.4) is 0 Å². The summed E-state index contributed by atoms with van der Waals surface area (Å²) in [6.07, 6.45) is 5.87. The van der Waals surface area contributed by atoms with Crippen molar-refractivity contribution in [3.63, 3.8) is 0 Å². The van der Waals surface area contributed by atoms with Crippen molar-refractivity contribution < 1.29 is 4.74 Å². The fourth-order valence-corrected chi connectivity index (χ4v) is 5.06. The number of hydrogen-bond donors (Lipinski definition) is 1. The van der Waals surface area contributed by atoms with E-state index in [0.29, 0.717) is 12.1 Å². The first-order valence-electron chi connectivity index (χ1n) is 12.6. The fourth-order valence-electron chi connectivity index (χ4n) is 5.06. The molecule has 7 nitrogen and oxygen atoms in total. The maximum Gasteiger partial charge on any atom is 0.145 e. The van der Waals surface area contributed by atoms with Gasteiger partial charge in [0.25, 0.3) is 0 Å². The van der Waals surface area contributed by atoms with Crippen molar-refractivity contribution in [2.75, 3.05) is 25.5 Å². The number of piperidine rings is 1. The van der Waals surface area contributed by atoms with Crippen molar-refractivity contribution in [3.05, 3.63) is 90.4 Å². The highest BCUT2D eigenvalue weighted by atomic mass is 16.5. The molecule has 7 heteroatoms. The predicted molar refractivity (Wildman–Crippen MR) is 146 cm³/mol. The summed E-state index contributed by atoms with van der Waals surface area (Å²) in [6, 6.07) is 24.4. The Bertz CT molecular complexity index is 1600. The third-order valence-electron chi connectivity index (χ3n) is 7.10. The Morgan fingerprint density at radius 3 is 2.76 bits per heavy atom. The number of aromatic nitrogens is 3. The molecular weight excluding hydrogens is 460 g/mol. The maximum atomic E-state index is 9.45. The molecule has 1 N–H and O–H groups in total. The molecule has 1 saturated heterocycles. The molecular formula is C30H28N6O. The Kier molecular flexibility index (Phi) is 6.17. The molecule has 5 aromatic rings. The van der Waals surface area contributed by atoms with Gasteiger partial charge in [0.2, 0.25) is 0 Å². The van der Waals surface area contributed by atoms with E-state index >= 15 is 0 Å². The van der Waals surface area contributed by atoms with Crippen LogP contribution in [0.5, 0.6) is 5.75 Å². The van der Waals surface area contributed by atoms with Crippen molar-refractivity contribution in [2.24, 2.45) is 0 Å². The van der Waals surface area contributed by atoms with E-state index in [1.807, 2.05) is 42.5 Å². The van der Waals surface area contributed by atoms with Gasteiger partial charge < -0.3 is 19.5 Å². The zero-order valence-corrected chi connectivity index (χ0v) is 20.8. The second-order valence-corrected chi connectivity index (χ2v) is 9.60. The number of benzene rings is 3. The summed E-state index contributed by atoms with van der Waals surface area (Å²) in [5.41, 5.74) is 4.62. The minimum absolute atomic E-state index is 0.192. The lowest BCUT2D eigenvalue weighted by Crippen LogP contribution is -2.35. The molecule has 0 aliphatic carbocycles. The monoisotopic (exact) mass is 488 g/mol. The molecule has 0 unspecified atom stereocenters. The van der Waals surface area contributed by atoms with Crippen LogP contribution < -0.4 is 10.1 Å². The number of nitrogens with one attached hydrogen (secondary N) is 1. The highest BCUT2D eigenvalue weighted by Gasteiger charge is 2.20. The lowest BCUT2D eigenvalue weighted by molar-refractivity contribution is 0.116. The average molecular weight is 489 g/mol. The summed E-state index contributed by atoms with van der Waals surface area (Å²) in [5.74, 6) is 1.55. The van der Waals surface area contributed by atoms with E-state index in [4.69, 9.17) is 4.74 Å². The predicted octanol–water partition coefficient (Wildman–Crippen LogP) is 5.72. The number of nitrogens with zero attached hydrogens (tertiary/aromatic N) is 5. The summed E-state index contributed by atoms with van der Waals surface area (Å²) in [7, 11) is 2.15. The summed E-state index contributed by atoms with van der Waals surface area (Å²) in [5, 5.41) is 15.0. The third-order valence-corrected chi connectivity index (χ3v) is 7.10. The molecule has 0 saturated carbocycles. The second-order valence-electron chi connectivity index (χ2n) is 9.60. The minimum atomic E-state index is 0.192. The van der Waals surface area contributed by atoms with Crippen molar-refractivity contribution in [1.82, 2.24) is 19.4 Å². The van der Waals surface area contributed by atoms with Crippen LogP contribution in [0.1, 0.15) is 24.0 Å². The highest BCUT2D eigenvalue weighted by Crippen LogP contribution is 2.34. The highest BCUT2D eigenvalue weighted by molar-refractivity contribution is 5.96. The number of nitriles is 1. The van der Waals surface area contributed by atoms with Gasteiger partial charge in [-0.25, -0.2) is 9.97 Å². The molecule has 3 heterocycles. The molecule has 0 atom stereocenters. The van der Waals surface area contributed by atoms with Crippen LogP contribution in [-0.2, 0) is 6.54 Å². The van der Waals surface area contributed by atoms with Crippen LogP contribution in [-0.4, -0.2) is 45.7 Å². The molecule has 1 aliphatic heterocycles. The molecule has 1 aliphatic rings. The normalized spacial score (nSPS) is 14.6. The number of ether oxygens (including phenoxy) is 1. The van der Waals surface area contributed by atoms with Crippen LogP contribution in [0.2, 0.25) is 0 Å². The van der Waals surface area contributed by atoms with Crippen molar-refractivity contribution in [2.45, 2.75) is 25.5 Å². The van der Waals surface area contributed by atoms with Crippen LogP contribution in [0, 0.1) is 11.3 Å². The lowest BCUT2D eigenvalue weighted by Gasteiger charge is -2.29. The molecule has 0 radical (unpaired) electrons. The Morgan fingerprint density at radius 1 is 1.03 bits per heavy atom. The molecule has 3 aromatic carbocycles. The van der Waals surface area contributed by atoms with Gasteiger partial charge in [0.15, 0.2) is 0 Å². The SMILES string of the molecule is CN1CCC(Oc2cccc3ncnc(Nc4ccc5c(ccn5Cc5ccccc5C#N)c4)c23)CC1.